The molecule has 0 aliphatic rings. The molecule has 0 fully saturated rings. The van der Waals surface area contributed by atoms with Gasteiger partial charge >= 0.3 is 0 Å². The Kier molecular flexibility index (Phi) is 3.96. The van der Waals surface area contributed by atoms with Crippen molar-refractivity contribution in [3.8, 4) is 0 Å². The first-order valence-corrected chi connectivity index (χ1v) is 5.23. The van der Waals surface area contributed by atoms with Crippen molar-refractivity contribution >= 4 is 27.7 Å². The lowest BCUT2D eigenvalue weighted by atomic mass is 10.8. The van der Waals surface area contributed by atoms with E-state index in [1.165, 1.54) is 0 Å². The molecule has 2 N–H and O–H groups in total. The van der Waals surface area contributed by atoms with Crippen molar-refractivity contribution in [2.24, 2.45) is 5.73 Å². The van der Waals surface area contributed by atoms with Crippen LogP contribution >= 0.6 is 27.7 Å². The molecule has 1 rings (SSSR count). The van der Waals surface area contributed by atoms with Gasteiger partial charge in [-0.1, -0.05) is 0 Å². The summed E-state index contributed by atoms with van der Waals surface area (Å²) in [5, 5.41) is 4.10. The summed E-state index contributed by atoms with van der Waals surface area (Å²) >= 11 is 5.10. The Morgan fingerprint density at radius 1 is 1.73 bits per heavy atom. The zero-order chi connectivity index (χ0) is 8.10. The lowest BCUT2D eigenvalue weighted by molar-refractivity contribution is 0.750. The molecule has 0 amide bonds. The first-order valence-electron chi connectivity index (χ1n) is 3.28. The Bertz CT molecular complexity index is 213. The lowest BCUT2D eigenvalue weighted by Gasteiger charge is -1.98. The lowest BCUT2D eigenvalue weighted by Crippen LogP contribution is -2.03. The number of halogens is 1. The molecule has 62 valence electrons. The molecule has 0 radical (unpaired) electrons. The van der Waals surface area contributed by atoms with Crippen LogP contribution in [0.5, 0.6) is 0 Å². The maximum Gasteiger partial charge on any atom is 0.0864 e. The van der Waals surface area contributed by atoms with Crippen molar-refractivity contribution in [2.45, 2.75) is 5.88 Å². The van der Waals surface area contributed by atoms with Gasteiger partial charge in [-0.2, -0.15) is 5.10 Å². The molecule has 0 aliphatic heterocycles. The molecule has 0 atom stereocenters. The monoisotopic (exact) mass is 235 g/mol. The average Bonchev–Trinajstić information content (AvgIpc) is 2.37. The number of nitrogens with two attached hydrogens (primary N) is 1. The minimum Gasteiger partial charge on any atom is -0.330 e. The minimum absolute atomic E-state index is 0.729. The summed E-state index contributed by atoms with van der Waals surface area (Å²) in [6.45, 7) is 0.729. The van der Waals surface area contributed by atoms with Crippen LogP contribution in [0.4, 0.5) is 0 Å². The number of thioether (sulfide) groups is 1. The van der Waals surface area contributed by atoms with Crippen LogP contribution in [-0.4, -0.2) is 22.1 Å². The van der Waals surface area contributed by atoms with E-state index in [2.05, 4.69) is 21.0 Å². The Morgan fingerprint density at radius 2 is 2.55 bits per heavy atom. The largest absolute Gasteiger partial charge is 0.330 e. The Hall–Kier alpha value is -0.0000000000000000555. The second-order valence-electron chi connectivity index (χ2n) is 2.02. The highest BCUT2D eigenvalue weighted by Gasteiger charge is 1.93. The van der Waals surface area contributed by atoms with Gasteiger partial charge < -0.3 is 5.73 Å². The van der Waals surface area contributed by atoms with Crippen LogP contribution in [0, 0.1) is 0 Å². The van der Waals surface area contributed by atoms with Gasteiger partial charge in [0, 0.05) is 18.5 Å². The molecule has 0 unspecified atom stereocenters. The van der Waals surface area contributed by atoms with Gasteiger partial charge in [-0.25, -0.2) is 0 Å². The van der Waals surface area contributed by atoms with Gasteiger partial charge in [0.1, 0.15) is 0 Å². The van der Waals surface area contributed by atoms with Crippen molar-refractivity contribution < 1.29 is 0 Å². The number of aromatic nitrogens is 2. The molecule has 0 saturated heterocycles. The smallest absolute Gasteiger partial charge is 0.0864 e. The Morgan fingerprint density at radius 3 is 3.09 bits per heavy atom. The quantitative estimate of drug-likeness (QED) is 0.801. The van der Waals surface area contributed by atoms with Gasteiger partial charge in [0.05, 0.1) is 16.5 Å². The molecule has 3 nitrogen and oxygen atoms in total. The molecule has 1 aromatic heterocycles. The summed E-state index contributed by atoms with van der Waals surface area (Å²) in [6, 6.07) is 0. The van der Waals surface area contributed by atoms with E-state index in [1.807, 2.05) is 10.9 Å². The van der Waals surface area contributed by atoms with E-state index in [9.17, 15) is 0 Å². The Labute approximate surface area is 78.5 Å². The fourth-order valence-electron chi connectivity index (χ4n) is 0.650. The third-order valence-electron chi connectivity index (χ3n) is 1.09. The van der Waals surface area contributed by atoms with Crippen molar-refractivity contribution in [3.05, 3.63) is 16.9 Å². The summed E-state index contributed by atoms with van der Waals surface area (Å²) in [5.41, 5.74) is 5.34. The molecule has 0 aliphatic carbocycles. The second-order valence-corrected chi connectivity index (χ2v) is 4.01. The van der Waals surface area contributed by atoms with Crippen LogP contribution < -0.4 is 5.73 Å². The number of rotatable bonds is 4. The predicted octanol–water partition coefficient (Wildman–Crippen LogP) is 1.29. The van der Waals surface area contributed by atoms with Crippen LogP contribution in [0.25, 0.3) is 0 Å². The summed E-state index contributed by atoms with van der Waals surface area (Å²) in [6.07, 6.45) is 3.73. The first kappa shape index (κ1) is 9.09. The molecule has 1 aromatic rings. The maximum absolute atomic E-state index is 5.34. The fourth-order valence-corrected chi connectivity index (χ4v) is 1.60. The second kappa shape index (κ2) is 4.79. The van der Waals surface area contributed by atoms with Crippen LogP contribution in [0.15, 0.2) is 16.9 Å². The predicted molar refractivity (Wildman–Crippen MR) is 51.4 cm³/mol. The van der Waals surface area contributed by atoms with Crippen molar-refractivity contribution in [3.63, 3.8) is 0 Å². The molecule has 0 saturated carbocycles. The SMILES string of the molecule is NCCSCn1cc(Br)cn1. The van der Waals surface area contributed by atoms with E-state index < -0.39 is 0 Å². The highest BCUT2D eigenvalue weighted by atomic mass is 79.9. The third-order valence-corrected chi connectivity index (χ3v) is 2.47. The third kappa shape index (κ3) is 3.27. The molecular weight excluding hydrogens is 226 g/mol. The topological polar surface area (TPSA) is 43.8 Å². The highest BCUT2D eigenvalue weighted by molar-refractivity contribution is 9.10. The molecule has 5 heteroatoms. The zero-order valence-electron chi connectivity index (χ0n) is 6.03. The minimum atomic E-state index is 0.729. The maximum atomic E-state index is 5.34. The van der Waals surface area contributed by atoms with Crippen LogP contribution in [0.1, 0.15) is 0 Å². The Balaban J connectivity index is 2.27. The summed E-state index contributed by atoms with van der Waals surface area (Å²) in [4.78, 5) is 0. The van der Waals surface area contributed by atoms with E-state index in [4.69, 9.17) is 5.73 Å². The van der Waals surface area contributed by atoms with Crippen molar-refractivity contribution in [2.75, 3.05) is 12.3 Å². The normalized spacial score (nSPS) is 10.4. The molecule has 1 heterocycles. The fraction of sp³-hybridized carbons (Fsp3) is 0.500. The highest BCUT2D eigenvalue weighted by Crippen LogP contribution is 2.09. The van der Waals surface area contributed by atoms with E-state index >= 15 is 0 Å². The average molecular weight is 236 g/mol. The van der Waals surface area contributed by atoms with E-state index in [-0.39, 0.29) is 0 Å². The summed E-state index contributed by atoms with van der Waals surface area (Å²) in [7, 11) is 0. The van der Waals surface area contributed by atoms with Crippen LogP contribution in [-0.2, 0) is 5.88 Å². The van der Waals surface area contributed by atoms with Crippen molar-refractivity contribution in [1.29, 1.82) is 0 Å². The van der Waals surface area contributed by atoms with E-state index in [0.717, 1.165) is 22.6 Å². The van der Waals surface area contributed by atoms with Crippen molar-refractivity contribution in [1.82, 2.24) is 9.78 Å². The summed E-state index contributed by atoms with van der Waals surface area (Å²) < 4.78 is 2.90. The van der Waals surface area contributed by atoms with Gasteiger partial charge in [-0.05, 0) is 15.9 Å². The van der Waals surface area contributed by atoms with Gasteiger partial charge in [0.25, 0.3) is 0 Å². The number of hydrogen-bond acceptors (Lipinski definition) is 3. The van der Waals surface area contributed by atoms with E-state index in [1.54, 1.807) is 18.0 Å². The first-order chi connectivity index (χ1) is 5.33. The molecular formula is C6H10BrN3S. The molecule has 0 bridgehead atoms. The zero-order valence-corrected chi connectivity index (χ0v) is 8.44. The van der Waals surface area contributed by atoms with Gasteiger partial charge in [0.2, 0.25) is 0 Å². The van der Waals surface area contributed by atoms with Crippen LogP contribution in [0.3, 0.4) is 0 Å². The number of nitrogens with zero attached hydrogens (tertiary/aromatic N) is 2. The molecule has 11 heavy (non-hydrogen) atoms. The standard InChI is InChI=1S/C6H10BrN3S/c7-6-3-9-10(4-6)5-11-2-1-8/h3-4H,1-2,5,8H2. The molecule has 0 aromatic carbocycles. The number of hydrogen-bond donors (Lipinski definition) is 1. The van der Waals surface area contributed by atoms with E-state index in [0.29, 0.717) is 0 Å². The van der Waals surface area contributed by atoms with Crippen LogP contribution in [0.2, 0.25) is 0 Å². The van der Waals surface area contributed by atoms with Gasteiger partial charge in [-0.15, -0.1) is 11.8 Å². The van der Waals surface area contributed by atoms with Gasteiger partial charge in [-0.3, -0.25) is 4.68 Å². The van der Waals surface area contributed by atoms with Gasteiger partial charge in [0.15, 0.2) is 0 Å². The molecule has 0 spiro atoms. The summed E-state index contributed by atoms with van der Waals surface area (Å²) in [5.74, 6) is 1.86.